The summed E-state index contributed by atoms with van der Waals surface area (Å²) < 4.78 is 13.7. The Morgan fingerprint density at radius 1 is 1.45 bits per heavy atom. The third-order valence-corrected chi connectivity index (χ3v) is 3.30. The molecule has 0 saturated carbocycles. The number of nitro benzene ring substituents is 1. The molecule has 1 rings (SSSR count). The van der Waals surface area contributed by atoms with Gasteiger partial charge in [-0.25, -0.2) is 4.39 Å². The quantitative estimate of drug-likeness (QED) is 0.570. The Balaban J connectivity index is 2.70. The van der Waals surface area contributed by atoms with Crippen molar-refractivity contribution in [2.24, 2.45) is 11.8 Å². The maximum Gasteiger partial charge on any atom is 0.272 e. The van der Waals surface area contributed by atoms with Gasteiger partial charge in [0.15, 0.2) is 0 Å². The van der Waals surface area contributed by atoms with E-state index in [0.717, 1.165) is 24.6 Å². The van der Waals surface area contributed by atoms with Crippen molar-refractivity contribution in [1.29, 1.82) is 0 Å². The highest BCUT2D eigenvalue weighted by Crippen LogP contribution is 2.17. The van der Waals surface area contributed by atoms with Gasteiger partial charge in [0.05, 0.1) is 16.6 Å². The SMILES string of the molecule is CC(C)CC(CCO)CNC(=O)c1ccc([N+](=O)[O-])cc1F. The molecule has 0 bridgehead atoms. The normalized spacial score (nSPS) is 12.2. The summed E-state index contributed by atoms with van der Waals surface area (Å²) in [5.41, 5.74) is -0.620. The van der Waals surface area contributed by atoms with E-state index >= 15 is 0 Å². The van der Waals surface area contributed by atoms with Gasteiger partial charge in [-0.1, -0.05) is 13.8 Å². The number of aliphatic hydroxyl groups excluding tert-OH is 1. The van der Waals surface area contributed by atoms with Crippen LogP contribution in [-0.2, 0) is 0 Å². The zero-order valence-electron chi connectivity index (χ0n) is 12.7. The van der Waals surface area contributed by atoms with E-state index in [2.05, 4.69) is 5.32 Å². The predicted octanol–water partition coefficient (Wildman–Crippen LogP) is 2.51. The maximum atomic E-state index is 13.7. The van der Waals surface area contributed by atoms with E-state index in [1.165, 1.54) is 0 Å². The summed E-state index contributed by atoms with van der Waals surface area (Å²) in [4.78, 5) is 21.8. The van der Waals surface area contributed by atoms with Gasteiger partial charge in [-0.15, -0.1) is 0 Å². The Morgan fingerprint density at radius 2 is 2.14 bits per heavy atom. The third-order valence-electron chi connectivity index (χ3n) is 3.30. The van der Waals surface area contributed by atoms with Crippen molar-refractivity contribution >= 4 is 11.6 Å². The Kier molecular flexibility index (Phi) is 6.91. The number of carbonyl (C=O) groups excluding carboxylic acids is 1. The minimum Gasteiger partial charge on any atom is -0.396 e. The number of non-ortho nitro benzene ring substituents is 1. The van der Waals surface area contributed by atoms with Gasteiger partial charge in [-0.3, -0.25) is 14.9 Å². The number of halogens is 1. The summed E-state index contributed by atoms with van der Waals surface area (Å²) in [5, 5.41) is 22.2. The lowest BCUT2D eigenvalue weighted by atomic mass is 9.94. The van der Waals surface area contributed by atoms with Gasteiger partial charge in [0.25, 0.3) is 11.6 Å². The van der Waals surface area contributed by atoms with Gasteiger partial charge in [0.2, 0.25) is 0 Å². The summed E-state index contributed by atoms with van der Waals surface area (Å²) >= 11 is 0. The second kappa shape index (κ2) is 8.43. The zero-order valence-corrected chi connectivity index (χ0v) is 12.7. The molecule has 1 aromatic rings. The largest absolute Gasteiger partial charge is 0.396 e. The van der Waals surface area contributed by atoms with Crippen LogP contribution in [0.5, 0.6) is 0 Å². The Bertz CT molecular complexity index is 534. The molecule has 0 aliphatic carbocycles. The van der Waals surface area contributed by atoms with Gasteiger partial charge < -0.3 is 10.4 Å². The molecule has 7 heteroatoms. The molecule has 1 atom stereocenters. The first-order chi connectivity index (χ1) is 10.3. The Morgan fingerprint density at radius 3 is 2.64 bits per heavy atom. The fourth-order valence-electron chi connectivity index (χ4n) is 2.29. The monoisotopic (exact) mass is 312 g/mol. The lowest BCUT2D eigenvalue weighted by Crippen LogP contribution is -2.31. The molecule has 0 radical (unpaired) electrons. The molecule has 22 heavy (non-hydrogen) atoms. The van der Waals surface area contributed by atoms with E-state index in [-0.39, 0.29) is 18.1 Å². The molecule has 0 aliphatic rings. The number of amides is 1. The Hall–Kier alpha value is -2.02. The van der Waals surface area contributed by atoms with Crippen LogP contribution in [0.15, 0.2) is 18.2 Å². The molecular weight excluding hydrogens is 291 g/mol. The van der Waals surface area contributed by atoms with E-state index in [9.17, 15) is 19.3 Å². The van der Waals surface area contributed by atoms with E-state index in [4.69, 9.17) is 5.11 Å². The van der Waals surface area contributed by atoms with Crippen LogP contribution in [0.2, 0.25) is 0 Å². The number of nitro groups is 1. The van der Waals surface area contributed by atoms with Crippen LogP contribution in [0.4, 0.5) is 10.1 Å². The molecular formula is C15H21FN2O4. The van der Waals surface area contributed by atoms with Crippen molar-refractivity contribution in [3.63, 3.8) is 0 Å². The molecule has 0 fully saturated rings. The molecule has 0 heterocycles. The first kappa shape index (κ1) is 18.0. The van der Waals surface area contributed by atoms with E-state index < -0.39 is 22.3 Å². The average Bonchev–Trinajstić information content (AvgIpc) is 2.43. The van der Waals surface area contributed by atoms with Crippen LogP contribution >= 0.6 is 0 Å². The van der Waals surface area contributed by atoms with Crippen LogP contribution in [-0.4, -0.2) is 29.1 Å². The minimum absolute atomic E-state index is 0.0269. The molecule has 1 aromatic carbocycles. The second-order valence-corrected chi connectivity index (χ2v) is 5.64. The van der Waals surface area contributed by atoms with Crippen LogP contribution in [0.25, 0.3) is 0 Å². The summed E-state index contributed by atoms with van der Waals surface area (Å²) in [6, 6.07) is 2.93. The minimum atomic E-state index is -0.922. The first-order valence-corrected chi connectivity index (χ1v) is 7.18. The van der Waals surface area contributed by atoms with Crippen LogP contribution in [0.1, 0.15) is 37.0 Å². The highest BCUT2D eigenvalue weighted by molar-refractivity contribution is 5.94. The topological polar surface area (TPSA) is 92.5 Å². The number of carbonyl (C=O) groups is 1. The molecule has 2 N–H and O–H groups in total. The van der Waals surface area contributed by atoms with E-state index in [1.54, 1.807) is 0 Å². The Labute approximate surface area is 128 Å². The second-order valence-electron chi connectivity index (χ2n) is 5.64. The highest BCUT2D eigenvalue weighted by Gasteiger charge is 2.18. The summed E-state index contributed by atoms with van der Waals surface area (Å²) in [6.07, 6.45) is 1.39. The fourth-order valence-corrected chi connectivity index (χ4v) is 2.29. The molecule has 1 amide bonds. The lowest BCUT2D eigenvalue weighted by molar-refractivity contribution is -0.385. The van der Waals surface area contributed by atoms with Crippen molar-refractivity contribution in [3.8, 4) is 0 Å². The van der Waals surface area contributed by atoms with Crippen molar-refractivity contribution in [1.82, 2.24) is 5.32 Å². The molecule has 0 aromatic heterocycles. The number of rotatable bonds is 8. The van der Waals surface area contributed by atoms with Gasteiger partial charge in [0, 0.05) is 19.2 Å². The predicted molar refractivity (Wildman–Crippen MR) is 80.0 cm³/mol. The first-order valence-electron chi connectivity index (χ1n) is 7.18. The third kappa shape index (κ3) is 5.40. The van der Waals surface area contributed by atoms with E-state index in [0.29, 0.717) is 18.9 Å². The van der Waals surface area contributed by atoms with Crippen LogP contribution < -0.4 is 5.32 Å². The summed E-state index contributed by atoms with van der Waals surface area (Å²) in [5.74, 6) is -1.01. The number of hydrogen-bond acceptors (Lipinski definition) is 4. The van der Waals surface area contributed by atoms with E-state index in [1.807, 2.05) is 13.8 Å². The molecule has 122 valence electrons. The highest BCUT2D eigenvalue weighted by atomic mass is 19.1. The number of aliphatic hydroxyl groups is 1. The molecule has 0 saturated heterocycles. The molecule has 0 spiro atoms. The number of hydrogen-bond donors (Lipinski definition) is 2. The zero-order chi connectivity index (χ0) is 16.7. The number of benzene rings is 1. The molecule has 0 aliphatic heterocycles. The number of nitrogens with one attached hydrogen (secondary N) is 1. The van der Waals surface area contributed by atoms with Gasteiger partial charge >= 0.3 is 0 Å². The molecule has 6 nitrogen and oxygen atoms in total. The fraction of sp³-hybridized carbons (Fsp3) is 0.533. The van der Waals surface area contributed by atoms with Gasteiger partial charge in [0.1, 0.15) is 5.82 Å². The van der Waals surface area contributed by atoms with Crippen LogP contribution in [0.3, 0.4) is 0 Å². The standard InChI is InChI=1S/C15H21FN2O4/c1-10(2)7-11(5-6-19)9-17-15(20)13-4-3-12(18(21)22)8-14(13)16/h3-4,8,10-11,19H,5-7,9H2,1-2H3,(H,17,20). The summed E-state index contributed by atoms with van der Waals surface area (Å²) in [6.45, 7) is 4.44. The lowest BCUT2D eigenvalue weighted by Gasteiger charge is -2.18. The average molecular weight is 312 g/mol. The molecule has 1 unspecified atom stereocenters. The van der Waals surface area contributed by atoms with Crippen LogP contribution in [0, 0.1) is 27.8 Å². The van der Waals surface area contributed by atoms with Crippen molar-refractivity contribution in [3.05, 3.63) is 39.7 Å². The van der Waals surface area contributed by atoms with Gasteiger partial charge in [-0.05, 0) is 30.7 Å². The number of nitrogens with zero attached hydrogens (tertiary/aromatic N) is 1. The van der Waals surface area contributed by atoms with Crippen molar-refractivity contribution < 1.29 is 19.2 Å². The maximum absolute atomic E-state index is 13.7. The smallest absolute Gasteiger partial charge is 0.272 e. The van der Waals surface area contributed by atoms with Gasteiger partial charge in [-0.2, -0.15) is 0 Å². The summed E-state index contributed by atoms with van der Waals surface area (Å²) in [7, 11) is 0. The van der Waals surface area contributed by atoms with Crippen molar-refractivity contribution in [2.75, 3.05) is 13.2 Å². The van der Waals surface area contributed by atoms with Crippen molar-refractivity contribution in [2.45, 2.75) is 26.7 Å².